The molecule has 2 N–H and O–H groups in total. The highest BCUT2D eigenvalue weighted by molar-refractivity contribution is 7.91. The van der Waals surface area contributed by atoms with E-state index in [1.807, 2.05) is 0 Å². The van der Waals surface area contributed by atoms with Gasteiger partial charge in [0.05, 0.1) is 28.2 Å². The number of carbonyl (C=O) groups excluding carboxylic acids is 1. The second-order valence-electron chi connectivity index (χ2n) is 9.00. The normalized spacial score (nSPS) is 15.2. The molecular weight excluding hydrogens is 577 g/mol. The molecule has 3 aromatic carbocycles. The van der Waals surface area contributed by atoms with E-state index in [2.05, 4.69) is 19.8 Å². The van der Waals surface area contributed by atoms with Gasteiger partial charge in [-0.2, -0.15) is 13.2 Å². The average Bonchev–Trinajstić information content (AvgIpc) is 3.44. The number of rotatable bonds is 7. The van der Waals surface area contributed by atoms with Gasteiger partial charge in [0.15, 0.2) is 27.4 Å². The van der Waals surface area contributed by atoms with Crippen LogP contribution in [0.5, 0.6) is 11.5 Å². The molecule has 0 aliphatic carbocycles. The smallest absolute Gasteiger partial charge is 0.395 e. The first-order valence-corrected chi connectivity index (χ1v) is 13.6. The van der Waals surface area contributed by atoms with E-state index in [4.69, 9.17) is 0 Å². The van der Waals surface area contributed by atoms with Crippen molar-refractivity contribution in [1.82, 2.24) is 9.55 Å². The largest absolute Gasteiger partial charge is 0.586 e. The Labute approximate surface area is 229 Å². The number of sulfone groups is 1. The summed E-state index contributed by atoms with van der Waals surface area (Å²) in [6, 6.07) is 12.6. The number of anilines is 1. The molecule has 1 aliphatic rings. The Balaban J connectivity index is 1.42. The minimum atomic E-state index is -4.92. The number of nitrogens with one attached hydrogen (secondary N) is 1. The number of benzene rings is 3. The topological polar surface area (TPSA) is 120 Å². The average molecular weight is 598 g/mol. The summed E-state index contributed by atoms with van der Waals surface area (Å²) in [5.41, 5.74) is -0.0973. The van der Waals surface area contributed by atoms with E-state index in [-0.39, 0.29) is 44.2 Å². The number of aromatic nitrogens is 2. The third-order valence-corrected chi connectivity index (χ3v) is 8.04. The summed E-state index contributed by atoms with van der Waals surface area (Å²) < 4.78 is 103. The molecule has 41 heavy (non-hydrogen) atoms. The van der Waals surface area contributed by atoms with Crippen molar-refractivity contribution < 1.29 is 49.7 Å². The molecule has 0 radical (unpaired) electrons. The second kappa shape index (κ2) is 9.99. The molecular formula is C26H20F5N3O6S. The highest BCUT2D eigenvalue weighted by atomic mass is 32.2. The number of para-hydroxylation sites is 1. The number of alkyl halides is 5. The summed E-state index contributed by atoms with van der Waals surface area (Å²) in [5.74, 6) is -3.10. The molecule has 0 bridgehead atoms. The lowest BCUT2D eigenvalue weighted by Crippen LogP contribution is -2.26. The highest BCUT2D eigenvalue weighted by Crippen LogP contribution is 2.44. The lowest BCUT2D eigenvalue weighted by Gasteiger charge is -2.14. The minimum absolute atomic E-state index is 0.0114. The predicted octanol–water partition coefficient (Wildman–Crippen LogP) is 4.89. The molecule has 0 saturated carbocycles. The van der Waals surface area contributed by atoms with Gasteiger partial charge in [0.25, 0.3) is 5.91 Å². The van der Waals surface area contributed by atoms with Crippen molar-refractivity contribution in [2.45, 2.75) is 36.9 Å². The third-order valence-electron chi connectivity index (χ3n) is 6.29. The number of nitrogens with zero attached hydrogens (tertiary/aromatic N) is 2. The van der Waals surface area contributed by atoms with Crippen LogP contribution >= 0.6 is 0 Å². The Hall–Kier alpha value is -4.24. The molecule has 0 spiro atoms. The van der Waals surface area contributed by atoms with Gasteiger partial charge >= 0.3 is 12.5 Å². The molecule has 216 valence electrons. The number of hydrogen-bond donors (Lipinski definition) is 2. The number of ether oxygens (including phenoxy) is 2. The summed E-state index contributed by atoms with van der Waals surface area (Å²) >= 11 is 0. The summed E-state index contributed by atoms with van der Waals surface area (Å²) in [7, 11) is -3.49. The van der Waals surface area contributed by atoms with Gasteiger partial charge in [-0.3, -0.25) is 4.79 Å². The van der Waals surface area contributed by atoms with E-state index in [9.17, 15) is 40.3 Å². The van der Waals surface area contributed by atoms with Crippen LogP contribution < -0.4 is 14.8 Å². The quantitative estimate of drug-likeness (QED) is 0.291. The maximum absolute atomic E-state index is 13.9. The molecule has 15 heteroatoms. The van der Waals surface area contributed by atoms with Crippen molar-refractivity contribution >= 4 is 32.5 Å². The monoisotopic (exact) mass is 597 g/mol. The zero-order valence-corrected chi connectivity index (χ0v) is 21.8. The number of amides is 1. The lowest BCUT2D eigenvalue weighted by molar-refractivity contribution is -0.287. The van der Waals surface area contributed by atoms with Gasteiger partial charge in [-0.05, 0) is 42.0 Å². The fourth-order valence-corrected chi connectivity index (χ4v) is 5.17. The first-order chi connectivity index (χ1) is 19.2. The molecule has 1 aliphatic heterocycles. The lowest BCUT2D eigenvalue weighted by atomic mass is 10.1. The zero-order valence-electron chi connectivity index (χ0n) is 20.9. The maximum Gasteiger partial charge on any atom is 0.586 e. The minimum Gasteiger partial charge on any atom is -0.395 e. The van der Waals surface area contributed by atoms with Gasteiger partial charge in [-0.25, -0.2) is 13.4 Å². The van der Waals surface area contributed by atoms with Crippen LogP contribution in [-0.2, 0) is 27.4 Å². The van der Waals surface area contributed by atoms with Gasteiger partial charge in [0.1, 0.15) is 0 Å². The van der Waals surface area contributed by atoms with Crippen LogP contribution in [0.25, 0.3) is 11.0 Å². The van der Waals surface area contributed by atoms with Crippen LogP contribution in [0.2, 0.25) is 0 Å². The maximum atomic E-state index is 13.9. The molecule has 1 aromatic heterocycles. The number of carbonyl (C=O) groups is 1. The van der Waals surface area contributed by atoms with E-state index >= 15 is 0 Å². The van der Waals surface area contributed by atoms with Gasteiger partial charge in [0.2, 0.25) is 5.82 Å². The summed E-state index contributed by atoms with van der Waals surface area (Å²) in [6.45, 7) is 0.934. The number of halogens is 5. The first kappa shape index (κ1) is 28.3. The fourth-order valence-electron chi connectivity index (χ4n) is 4.29. The van der Waals surface area contributed by atoms with E-state index in [1.54, 1.807) is 0 Å². The molecule has 0 saturated heterocycles. The Morgan fingerprint density at radius 1 is 1.10 bits per heavy atom. The standard InChI is InChI=1S/C26H20F5N3O6S/c1-2-41(37,38)17-9-6-14(7-10-17)21(35)23(36)32-16-8-11-19-18(12-16)33-24(25(27,28)29)34(19)13-15-4-3-5-20-22(15)40-26(30,31)39-20/h3-12,21,35H,2,13H2,1H3,(H,32,36). The summed E-state index contributed by atoms with van der Waals surface area (Å²) in [4.78, 5) is 16.3. The molecule has 1 atom stereocenters. The Kier molecular flexibility index (Phi) is 6.90. The number of aliphatic hydroxyl groups excluding tert-OH is 1. The molecule has 5 rings (SSSR count). The van der Waals surface area contributed by atoms with Gasteiger partial charge < -0.3 is 24.5 Å². The van der Waals surface area contributed by atoms with E-state index in [0.29, 0.717) is 0 Å². The first-order valence-electron chi connectivity index (χ1n) is 12.0. The third kappa shape index (κ3) is 5.54. The van der Waals surface area contributed by atoms with E-state index in [0.717, 1.165) is 10.6 Å². The van der Waals surface area contributed by atoms with Crippen LogP contribution in [0.15, 0.2) is 65.6 Å². The van der Waals surface area contributed by atoms with Crippen LogP contribution in [0, 0.1) is 0 Å². The molecule has 2 heterocycles. The van der Waals surface area contributed by atoms with E-state index in [1.165, 1.54) is 61.5 Å². The molecule has 1 amide bonds. The molecule has 9 nitrogen and oxygen atoms in total. The van der Waals surface area contributed by atoms with Crippen LogP contribution in [0.3, 0.4) is 0 Å². The van der Waals surface area contributed by atoms with Crippen molar-refractivity contribution in [2.75, 3.05) is 11.1 Å². The van der Waals surface area contributed by atoms with Crippen molar-refractivity contribution in [1.29, 1.82) is 0 Å². The van der Waals surface area contributed by atoms with Crippen molar-refractivity contribution in [3.05, 3.63) is 77.6 Å². The van der Waals surface area contributed by atoms with Gasteiger partial charge in [0, 0.05) is 11.3 Å². The highest BCUT2D eigenvalue weighted by Gasteiger charge is 2.45. The fraction of sp³-hybridized carbons (Fsp3) is 0.231. The van der Waals surface area contributed by atoms with Gasteiger partial charge in [-0.1, -0.05) is 31.2 Å². The number of aliphatic hydroxyl groups is 1. The number of hydrogen-bond acceptors (Lipinski definition) is 7. The molecule has 0 fully saturated rings. The van der Waals surface area contributed by atoms with Crippen LogP contribution in [0.1, 0.15) is 30.0 Å². The summed E-state index contributed by atoms with van der Waals surface area (Å²) in [6.07, 6.45) is -10.6. The van der Waals surface area contributed by atoms with Crippen molar-refractivity contribution in [2.24, 2.45) is 0 Å². The van der Waals surface area contributed by atoms with Crippen LogP contribution in [-0.4, -0.2) is 41.0 Å². The summed E-state index contributed by atoms with van der Waals surface area (Å²) in [5, 5.41) is 12.8. The molecule has 1 unspecified atom stereocenters. The van der Waals surface area contributed by atoms with Crippen molar-refractivity contribution in [3.63, 3.8) is 0 Å². The Morgan fingerprint density at radius 3 is 2.46 bits per heavy atom. The predicted molar refractivity (Wildman–Crippen MR) is 134 cm³/mol. The molecule has 4 aromatic rings. The second-order valence-corrected chi connectivity index (χ2v) is 11.3. The van der Waals surface area contributed by atoms with Crippen molar-refractivity contribution in [3.8, 4) is 11.5 Å². The zero-order chi connectivity index (χ0) is 29.7. The Morgan fingerprint density at radius 2 is 1.80 bits per heavy atom. The number of fused-ring (bicyclic) bond motifs is 2. The Bertz CT molecular complexity index is 1750. The van der Waals surface area contributed by atoms with E-state index < -0.39 is 52.4 Å². The SMILES string of the molecule is CCS(=O)(=O)c1ccc(C(O)C(=O)Nc2ccc3c(c2)nc(C(F)(F)F)n3Cc2cccc3c2OC(F)(F)O3)cc1. The van der Waals surface area contributed by atoms with Gasteiger partial charge in [-0.15, -0.1) is 8.78 Å². The number of imidazole rings is 1. The van der Waals surface area contributed by atoms with Crippen LogP contribution in [0.4, 0.5) is 27.6 Å².